The minimum Gasteiger partial charge on any atom is -0.343 e. The van der Waals surface area contributed by atoms with Crippen molar-refractivity contribution >= 4 is 6.72 Å². The molecule has 3 aliphatic heterocycles. The zero-order valence-corrected chi connectivity index (χ0v) is 11.0. The first-order valence-corrected chi connectivity index (χ1v) is 6.26. The predicted octanol–water partition coefficient (Wildman–Crippen LogP) is -0.0528. The zero-order chi connectivity index (χ0) is 12.9. The molecule has 0 amide bonds. The summed E-state index contributed by atoms with van der Waals surface area (Å²) in [4.78, 5) is 0. The first-order valence-electron chi connectivity index (χ1n) is 6.26. The van der Waals surface area contributed by atoms with Crippen LogP contribution in [0.4, 0.5) is 0 Å². The molecule has 5 atom stereocenters. The summed E-state index contributed by atoms with van der Waals surface area (Å²) in [5, 5.41) is 0. The van der Waals surface area contributed by atoms with Crippen LogP contribution in [0.1, 0.15) is 13.8 Å². The van der Waals surface area contributed by atoms with Gasteiger partial charge >= 0.3 is 0 Å². The number of fused-ring (bicyclic) bond motifs is 3. The van der Waals surface area contributed by atoms with Crippen molar-refractivity contribution in [3.05, 3.63) is 0 Å². The number of ether oxygens (including phenoxy) is 5. The second kappa shape index (κ2) is 4.25. The van der Waals surface area contributed by atoms with Gasteiger partial charge in [-0.3, -0.25) is 0 Å². The van der Waals surface area contributed by atoms with Gasteiger partial charge in [-0.05, 0) is 13.8 Å². The van der Waals surface area contributed by atoms with E-state index in [0.29, 0.717) is 6.61 Å². The molecule has 3 heterocycles. The molecular weight excluding hydrogens is 238 g/mol. The highest BCUT2D eigenvalue weighted by Gasteiger charge is 2.63. The third-order valence-electron chi connectivity index (χ3n) is 3.26. The second-order valence-corrected chi connectivity index (χ2v) is 5.49. The maximum absolute atomic E-state index is 5.84. The lowest BCUT2D eigenvalue weighted by molar-refractivity contribution is -0.494. The maximum Gasteiger partial charge on any atom is 0.190 e. The van der Waals surface area contributed by atoms with Gasteiger partial charge in [0.25, 0.3) is 0 Å². The number of hydrogen-bond donors (Lipinski definition) is 0. The molecule has 3 aliphatic rings. The Morgan fingerprint density at radius 2 is 1.89 bits per heavy atom. The predicted molar refractivity (Wildman–Crippen MR) is 61.5 cm³/mol. The molecular formula is C12H20NO5+. The second-order valence-electron chi connectivity index (χ2n) is 5.49. The van der Waals surface area contributed by atoms with E-state index in [9.17, 15) is 0 Å². The average Bonchev–Trinajstić information content (AvgIpc) is 2.94. The van der Waals surface area contributed by atoms with Gasteiger partial charge in [0.15, 0.2) is 24.9 Å². The van der Waals surface area contributed by atoms with Crippen LogP contribution in [0.3, 0.4) is 0 Å². The molecule has 6 heteroatoms. The number of hydrogen-bond acceptors (Lipinski definition) is 5. The molecule has 3 fully saturated rings. The van der Waals surface area contributed by atoms with Gasteiger partial charge in [-0.1, -0.05) is 0 Å². The van der Waals surface area contributed by atoms with Gasteiger partial charge in [0.2, 0.25) is 0 Å². The van der Waals surface area contributed by atoms with Gasteiger partial charge in [0, 0.05) is 0 Å². The van der Waals surface area contributed by atoms with Crippen molar-refractivity contribution in [2.24, 2.45) is 0 Å². The number of rotatable bonds is 4. The molecule has 0 N–H and O–H groups in total. The summed E-state index contributed by atoms with van der Waals surface area (Å²) in [6.45, 7) is 8.82. The third kappa shape index (κ3) is 2.31. The average molecular weight is 258 g/mol. The van der Waals surface area contributed by atoms with Crippen LogP contribution in [0.25, 0.3) is 0 Å². The molecule has 0 aromatic carbocycles. The molecule has 0 aromatic heterocycles. The molecule has 0 saturated carbocycles. The van der Waals surface area contributed by atoms with E-state index in [-0.39, 0.29) is 24.6 Å². The van der Waals surface area contributed by atoms with Crippen molar-refractivity contribution in [2.45, 2.75) is 50.5 Å². The van der Waals surface area contributed by atoms with Crippen molar-refractivity contribution in [1.29, 1.82) is 0 Å². The Morgan fingerprint density at radius 3 is 2.61 bits per heavy atom. The van der Waals surface area contributed by atoms with Crippen LogP contribution >= 0.6 is 0 Å². The van der Waals surface area contributed by atoms with Crippen molar-refractivity contribution in [3.8, 4) is 0 Å². The molecule has 0 aromatic rings. The smallest absolute Gasteiger partial charge is 0.190 e. The minimum atomic E-state index is -0.607. The Kier molecular flexibility index (Phi) is 2.95. The normalized spacial score (nSPS) is 44.3. The minimum absolute atomic E-state index is 0.00728. The molecule has 0 bridgehead atoms. The van der Waals surface area contributed by atoms with Gasteiger partial charge in [-0.2, -0.15) is 0 Å². The summed E-state index contributed by atoms with van der Waals surface area (Å²) < 4.78 is 30.3. The Hall–Kier alpha value is -0.530. The van der Waals surface area contributed by atoms with Crippen LogP contribution in [0, 0.1) is 0 Å². The van der Waals surface area contributed by atoms with E-state index in [1.165, 1.54) is 0 Å². The summed E-state index contributed by atoms with van der Waals surface area (Å²) in [6.07, 6.45) is -0.959. The van der Waals surface area contributed by atoms with Crippen molar-refractivity contribution < 1.29 is 28.3 Å². The van der Waals surface area contributed by atoms with Crippen molar-refractivity contribution in [3.63, 3.8) is 0 Å². The lowest BCUT2D eigenvalue weighted by atomic mass is 10.1. The quantitative estimate of drug-likeness (QED) is 0.402. The summed E-state index contributed by atoms with van der Waals surface area (Å²) in [6, 6.07) is 0. The molecule has 102 valence electrons. The van der Waals surface area contributed by atoms with Crippen molar-refractivity contribution in [2.75, 3.05) is 20.2 Å². The fraction of sp³-hybridized carbons (Fsp3) is 0.917. The van der Waals surface area contributed by atoms with Crippen molar-refractivity contribution in [1.82, 2.24) is 0 Å². The number of likely N-dealkylation sites (N-methyl/N-ethyl adjacent to an activating group) is 1. The lowest BCUT2D eigenvalue weighted by Gasteiger charge is -2.28. The van der Waals surface area contributed by atoms with E-state index in [2.05, 4.69) is 6.72 Å². The van der Waals surface area contributed by atoms with Gasteiger partial charge in [-0.15, -0.1) is 0 Å². The van der Waals surface area contributed by atoms with Crippen LogP contribution in [0.2, 0.25) is 0 Å². The Labute approximate surface area is 106 Å². The standard InChI is InChI=1S/C12H20NO5/c1-12(2)17-7-8-11(15-8)16-10(9(7)18-12)14-6-5-13(3)4/h7-11H,3,5-6H2,1-2,4H3/q+1. The third-order valence-corrected chi connectivity index (χ3v) is 3.26. The zero-order valence-electron chi connectivity index (χ0n) is 11.0. The van der Waals surface area contributed by atoms with Gasteiger partial charge in [0.1, 0.15) is 38.7 Å². The van der Waals surface area contributed by atoms with Crippen LogP contribution in [-0.2, 0) is 23.7 Å². The molecule has 3 saturated heterocycles. The van der Waals surface area contributed by atoms with Crippen LogP contribution in [-0.4, -0.2) is 68.2 Å². The SMILES string of the molecule is C=[N+](C)CCOC1OC2OC2C2OC(C)(C)OC12. The van der Waals surface area contributed by atoms with Gasteiger partial charge in [0.05, 0.1) is 0 Å². The lowest BCUT2D eigenvalue weighted by Crippen LogP contribution is -2.47. The first kappa shape index (κ1) is 12.5. The fourth-order valence-corrected chi connectivity index (χ4v) is 2.40. The van der Waals surface area contributed by atoms with E-state index in [1.807, 2.05) is 25.5 Å². The van der Waals surface area contributed by atoms with E-state index >= 15 is 0 Å². The molecule has 6 nitrogen and oxygen atoms in total. The van der Waals surface area contributed by atoms with E-state index in [4.69, 9.17) is 23.7 Å². The van der Waals surface area contributed by atoms with E-state index < -0.39 is 12.1 Å². The number of nitrogens with zero attached hydrogens (tertiary/aromatic N) is 1. The van der Waals surface area contributed by atoms with Crippen LogP contribution < -0.4 is 0 Å². The highest BCUT2D eigenvalue weighted by molar-refractivity contribution is 5.14. The molecule has 0 radical (unpaired) electrons. The summed E-state index contributed by atoms with van der Waals surface area (Å²) in [7, 11) is 1.90. The summed E-state index contributed by atoms with van der Waals surface area (Å²) in [5.41, 5.74) is 0. The highest BCUT2D eigenvalue weighted by Crippen LogP contribution is 2.45. The van der Waals surface area contributed by atoms with Gasteiger partial charge in [-0.25, -0.2) is 4.58 Å². The Bertz CT molecular complexity index is 358. The molecule has 3 rings (SSSR count). The molecule has 18 heavy (non-hydrogen) atoms. The van der Waals surface area contributed by atoms with Crippen LogP contribution in [0.5, 0.6) is 0 Å². The monoisotopic (exact) mass is 258 g/mol. The topological polar surface area (TPSA) is 52.5 Å². The fourth-order valence-electron chi connectivity index (χ4n) is 2.40. The summed E-state index contributed by atoms with van der Waals surface area (Å²) >= 11 is 0. The summed E-state index contributed by atoms with van der Waals surface area (Å²) in [5.74, 6) is -0.607. The van der Waals surface area contributed by atoms with Crippen LogP contribution in [0.15, 0.2) is 0 Å². The first-order chi connectivity index (χ1) is 8.46. The Balaban J connectivity index is 1.62. The largest absolute Gasteiger partial charge is 0.343 e. The number of epoxide rings is 1. The molecule has 0 spiro atoms. The maximum atomic E-state index is 5.84. The van der Waals surface area contributed by atoms with E-state index in [0.717, 1.165) is 6.54 Å². The molecule has 5 unspecified atom stereocenters. The highest BCUT2D eigenvalue weighted by atomic mass is 16.9. The van der Waals surface area contributed by atoms with E-state index in [1.54, 1.807) is 0 Å². The Morgan fingerprint density at radius 1 is 1.17 bits per heavy atom. The molecule has 0 aliphatic carbocycles. The van der Waals surface area contributed by atoms with Gasteiger partial charge < -0.3 is 23.7 Å².